The number of carbonyl (C=O) groups excluding carboxylic acids is 1. The molecular formula is C13H18N4OS. The van der Waals surface area contributed by atoms with E-state index in [4.69, 9.17) is 5.73 Å². The minimum atomic E-state index is -0.0567. The van der Waals surface area contributed by atoms with Crippen molar-refractivity contribution in [3.05, 3.63) is 10.6 Å². The number of nitrogens with zero attached hydrogens (tertiary/aromatic N) is 2. The van der Waals surface area contributed by atoms with E-state index in [0.29, 0.717) is 10.6 Å². The average molecular weight is 278 g/mol. The second kappa shape index (κ2) is 4.52. The number of nitrogen functional groups attached to an aromatic ring is 1. The zero-order chi connectivity index (χ0) is 13.6. The van der Waals surface area contributed by atoms with E-state index in [1.165, 1.54) is 24.2 Å². The molecule has 6 heteroatoms. The molecule has 1 aliphatic rings. The first kappa shape index (κ1) is 12.5. The molecule has 0 aromatic carbocycles. The molecule has 2 heterocycles. The Balaban J connectivity index is 1.81. The number of amides is 1. The fraction of sp³-hybridized carbons (Fsp3) is 0.538. The van der Waals surface area contributed by atoms with Crippen LogP contribution >= 0.6 is 11.3 Å². The van der Waals surface area contributed by atoms with Crippen LogP contribution < -0.4 is 11.1 Å². The molecule has 102 valence electrons. The quantitative estimate of drug-likeness (QED) is 0.899. The summed E-state index contributed by atoms with van der Waals surface area (Å²) < 4.78 is 1.78. The smallest absolute Gasteiger partial charge is 0.263 e. The van der Waals surface area contributed by atoms with Gasteiger partial charge in [0.15, 0.2) is 0 Å². The fourth-order valence-corrected chi connectivity index (χ4v) is 3.48. The first-order chi connectivity index (χ1) is 9.08. The zero-order valence-electron chi connectivity index (χ0n) is 11.2. The van der Waals surface area contributed by atoms with Crippen molar-refractivity contribution in [2.75, 3.05) is 12.3 Å². The summed E-state index contributed by atoms with van der Waals surface area (Å²) in [5.74, 6) is 0.769. The maximum absolute atomic E-state index is 12.1. The molecule has 1 amide bonds. The molecule has 3 rings (SSSR count). The Morgan fingerprint density at radius 3 is 2.95 bits per heavy atom. The Bertz CT molecular complexity index is 639. The van der Waals surface area contributed by atoms with Gasteiger partial charge in [0, 0.05) is 13.6 Å². The number of thiophene rings is 1. The number of nitrogens with one attached hydrogen (secondary N) is 1. The van der Waals surface area contributed by atoms with E-state index >= 15 is 0 Å². The van der Waals surface area contributed by atoms with Crippen LogP contribution in [0.25, 0.3) is 10.2 Å². The molecule has 0 atom stereocenters. The Morgan fingerprint density at radius 2 is 2.32 bits per heavy atom. The van der Waals surface area contributed by atoms with Gasteiger partial charge in [-0.05, 0) is 19.3 Å². The van der Waals surface area contributed by atoms with Crippen molar-refractivity contribution in [3.8, 4) is 0 Å². The van der Waals surface area contributed by atoms with Crippen molar-refractivity contribution in [2.24, 2.45) is 13.0 Å². The lowest BCUT2D eigenvalue weighted by atomic mass is 10.2. The molecule has 1 aliphatic carbocycles. The summed E-state index contributed by atoms with van der Waals surface area (Å²) in [5, 5.41) is 8.20. The van der Waals surface area contributed by atoms with Crippen LogP contribution in [0.5, 0.6) is 0 Å². The summed E-state index contributed by atoms with van der Waals surface area (Å²) in [6.45, 7) is 2.66. The SMILES string of the molecule is Cc1nn(C)c2sc(C(=O)NCCC3CC3)c(N)c12. The molecule has 0 radical (unpaired) electrons. The first-order valence-electron chi connectivity index (χ1n) is 6.57. The van der Waals surface area contributed by atoms with Gasteiger partial charge in [0.2, 0.25) is 0 Å². The molecule has 5 nitrogen and oxygen atoms in total. The van der Waals surface area contributed by atoms with Gasteiger partial charge in [-0.15, -0.1) is 11.3 Å². The van der Waals surface area contributed by atoms with Crippen LogP contribution in [0.15, 0.2) is 0 Å². The van der Waals surface area contributed by atoms with Crippen LogP contribution in [0.2, 0.25) is 0 Å². The first-order valence-corrected chi connectivity index (χ1v) is 7.39. The van der Waals surface area contributed by atoms with Crippen molar-refractivity contribution < 1.29 is 4.79 Å². The maximum atomic E-state index is 12.1. The minimum Gasteiger partial charge on any atom is -0.397 e. The van der Waals surface area contributed by atoms with Gasteiger partial charge in [0.1, 0.15) is 9.71 Å². The van der Waals surface area contributed by atoms with E-state index in [-0.39, 0.29) is 5.91 Å². The van der Waals surface area contributed by atoms with Crippen molar-refractivity contribution >= 4 is 33.1 Å². The van der Waals surface area contributed by atoms with Crippen LogP contribution in [0.4, 0.5) is 5.69 Å². The van der Waals surface area contributed by atoms with Gasteiger partial charge in [-0.2, -0.15) is 5.10 Å². The highest BCUT2D eigenvalue weighted by molar-refractivity contribution is 7.21. The van der Waals surface area contributed by atoms with Gasteiger partial charge in [-0.25, -0.2) is 0 Å². The standard InChI is InChI=1S/C13H18N4OS/c1-7-9-10(14)11(19-13(9)17(2)16-7)12(18)15-6-5-8-3-4-8/h8H,3-6,14H2,1-2H3,(H,15,18). The molecular weight excluding hydrogens is 260 g/mol. The van der Waals surface area contributed by atoms with Crippen molar-refractivity contribution in [1.29, 1.82) is 0 Å². The monoisotopic (exact) mass is 278 g/mol. The fourth-order valence-electron chi connectivity index (χ4n) is 2.37. The molecule has 19 heavy (non-hydrogen) atoms. The lowest BCUT2D eigenvalue weighted by Crippen LogP contribution is -2.24. The summed E-state index contributed by atoms with van der Waals surface area (Å²) in [5.41, 5.74) is 7.54. The van der Waals surface area contributed by atoms with E-state index in [1.54, 1.807) is 4.68 Å². The van der Waals surface area contributed by atoms with Crippen LogP contribution in [0.1, 0.15) is 34.6 Å². The van der Waals surface area contributed by atoms with E-state index in [1.807, 2.05) is 14.0 Å². The van der Waals surface area contributed by atoms with Gasteiger partial charge in [0.25, 0.3) is 5.91 Å². The Kier molecular flexibility index (Phi) is 2.97. The van der Waals surface area contributed by atoms with Crippen LogP contribution in [-0.4, -0.2) is 22.2 Å². The number of nitrogens with two attached hydrogens (primary N) is 1. The third-order valence-corrected chi connectivity index (χ3v) is 4.89. The molecule has 0 aliphatic heterocycles. The number of fused-ring (bicyclic) bond motifs is 1. The number of carbonyl (C=O) groups is 1. The van der Waals surface area contributed by atoms with Gasteiger partial charge in [-0.1, -0.05) is 12.8 Å². The lowest BCUT2D eigenvalue weighted by molar-refractivity contribution is 0.0957. The summed E-state index contributed by atoms with van der Waals surface area (Å²) in [6.07, 6.45) is 3.70. The summed E-state index contributed by atoms with van der Waals surface area (Å²) in [7, 11) is 1.88. The number of anilines is 1. The van der Waals surface area contributed by atoms with Crippen molar-refractivity contribution in [2.45, 2.75) is 26.2 Å². The van der Waals surface area contributed by atoms with Crippen molar-refractivity contribution in [3.63, 3.8) is 0 Å². The number of hydrogen-bond acceptors (Lipinski definition) is 4. The summed E-state index contributed by atoms with van der Waals surface area (Å²) >= 11 is 1.42. The molecule has 1 saturated carbocycles. The topological polar surface area (TPSA) is 72.9 Å². The molecule has 0 saturated heterocycles. The zero-order valence-corrected chi connectivity index (χ0v) is 12.0. The molecule has 2 aromatic heterocycles. The second-order valence-electron chi connectivity index (χ2n) is 5.22. The third-order valence-electron chi connectivity index (χ3n) is 3.62. The van der Waals surface area contributed by atoms with E-state index in [9.17, 15) is 4.79 Å². The molecule has 1 fully saturated rings. The highest BCUT2D eigenvalue weighted by Gasteiger charge is 2.23. The Hall–Kier alpha value is -1.56. The minimum absolute atomic E-state index is 0.0567. The predicted octanol–water partition coefficient (Wildman–Crippen LogP) is 2.06. The van der Waals surface area contributed by atoms with E-state index in [0.717, 1.165) is 34.8 Å². The Morgan fingerprint density at radius 1 is 1.58 bits per heavy atom. The molecule has 0 spiro atoms. The van der Waals surface area contributed by atoms with Gasteiger partial charge in [-0.3, -0.25) is 9.48 Å². The van der Waals surface area contributed by atoms with Gasteiger partial charge >= 0.3 is 0 Å². The molecule has 0 bridgehead atoms. The summed E-state index contributed by atoms with van der Waals surface area (Å²) in [4.78, 5) is 13.7. The maximum Gasteiger partial charge on any atom is 0.263 e. The lowest BCUT2D eigenvalue weighted by Gasteiger charge is -2.03. The number of aryl methyl sites for hydroxylation is 2. The Labute approximate surface area is 115 Å². The highest BCUT2D eigenvalue weighted by atomic mass is 32.1. The predicted molar refractivity (Wildman–Crippen MR) is 77.4 cm³/mol. The second-order valence-corrected chi connectivity index (χ2v) is 6.22. The van der Waals surface area contributed by atoms with Gasteiger partial charge in [0.05, 0.1) is 16.8 Å². The van der Waals surface area contributed by atoms with Crippen LogP contribution in [0, 0.1) is 12.8 Å². The van der Waals surface area contributed by atoms with Crippen molar-refractivity contribution in [1.82, 2.24) is 15.1 Å². The molecule has 3 N–H and O–H groups in total. The largest absolute Gasteiger partial charge is 0.397 e. The van der Waals surface area contributed by atoms with Crippen LogP contribution in [0.3, 0.4) is 0 Å². The number of aromatic nitrogens is 2. The van der Waals surface area contributed by atoms with E-state index < -0.39 is 0 Å². The average Bonchev–Trinajstić information content (AvgIpc) is 3.04. The number of rotatable bonds is 4. The van der Waals surface area contributed by atoms with Gasteiger partial charge < -0.3 is 11.1 Å². The summed E-state index contributed by atoms with van der Waals surface area (Å²) in [6, 6.07) is 0. The number of hydrogen-bond donors (Lipinski definition) is 2. The molecule has 0 unspecified atom stereocenters. The normalized spacial score (nSPS) is 15.1. The molecule has 2 aromatic rings. The van der Waals surface area contributed by atoms with Crippen LogP contribution in [-0.2, 0) is 7.05 Å². The highest BCUT2D eigenvalue weighted by Crippen LogP contribution is 2.35. The third kappa shape index (κ3) is 2.20. The van der Waals surface area contributed by atoms with E-state index in [2.05, 4.69) is 10.4 Å².